The molecule has 1 N–H and O–H groups in total. The predicted octanol–water partition coefficient (Wildman–Crippen LogP) is 5.23. The average Bonchev–Trinajstić information content (AvgIpc) is 3.16. The van der Waals surface area contributed by atoms with Crippen molar-refractivity contribution in [1.29, 1.82) is 0 Å². The van der Waals surface area contributed by atoms with Gasteiger partial charge in [-0.1, -0.05) is 0 Å². The summed E-state index contributed by atoms with van der Waals surface area (Å²) in [5, 5.41) is 25.5. The van der Waals surface area contributed by atoms with E-state index in [0.717, 1.165) is 6.07 Å². The van der Waals surface area contributed by atoms with Crippen LogP contribution in [-0.4, -0.2) is 16.1 Å². The van der Waals surface area contributed by atoms with Gasteiger partial charge in [-0.3, -0.25) is 25.7 Å². The van der Waals surface area contributed by atoms with E-state index >= 15 is 0 Å². The normalized spacial score (nSPS) is 11.6. The number of hydrogen-bond donors (Lipinski definition) is 1. The molecule has 3 rings (SSSR count). The van der Waals surface area contributed by atoms with Crippen molar-refractivity contribution in [3.05, 3.63) is 86.1 Å². The van der Waals surface area contributed by atoms with Gasteiger partial charge >= 0.3 is 6.18 Å². The molecule has 0 amide bonds. The first kappa shape index (κ1) is 20.5. The highest BCUT2D eigenvalue weighted by Crippen LogP contribution is 2.35. The van der Waals surface area contributed by atoms with Gasteiger partial charge in [0.15, 0.2) is 0 Å². The number of rotatable bonds is 6. The van der Waals surface area contributed by atoms with Crippen LogP contribution in [0.2, 0.25) is 0 Å². The molecule has 3 aromatic rings. The Balaban J connectivity index is 1.75. The molecule has 0 aliphatic rings. The monoisotopic (exact) mass is 420 g/mol. The minimum absolute atomic E-state index is 0.0746. The molecule has 0 bridgehead atoms. The van der Waals surface area contributed by atoms with Crippen LogP contribution in [0.4, 0.5) is 30.2 Å². The third kappa shape index (κ3) is 4.60. The molecule has 9 nitrogen and oxygen atoms in total. The number of furan rings is 1. The van der Waals surface area contributed by atoms with E-state index < -0.39 is 27.3 Å². The molecule has 0 atom stereocenters. The third-order valence-corrected chi connectivity index (χ3v) is 3.89. The van der Waals surface area contributed by atoms with Gasteiger partial charge in [0, 0.05) is 23.8 Å². The van der Waals surface area contributed by atoms with E-state index in [0.29, 0.717) is 23.5 Å². The van der Waals surface area contributed by atoms with Crippen molar-refractivity contribution in [3.8, 4) is 11.3 Å². The fraction of sp³-hybridized carbons (Fsp3) is 0.0556. The van der Waals surface area contributed by atoms with Crippen LogP contribution in [0.25, 0.3) is 11.3 Å². The molecule has 0 saturated heterocycles. The molecular weight excluding hydrogens is 409 g/mol. The summed E-state index contributed by atoms with van der Waals surface area (Å²) in [6.07, 6.45) is -3.54. The number of halogens is 3. The van der Waals surface area contributed by atoms with E-state index in [9.17, 15) is 33.4 Å². The molecule has 30 heavy (non-hydrogen) atoms. The summed E-state index contributed by atoms with van der Waals surface area (Å²) in [6.45, 7) is 0. The molecule has 12 heteroatoms. The van der Waals surface area contributed by atoms with Gasteiger partial charge < -0.3 is 4.42 Å². The topological polar surface area (TPSA) is 124 Å². The van der Waals surface area contributed by atoms with Crippen LogP contribution in [0.3, 0.4) is 0 Å². The van der Waals surface area contributed by atoms with Gasteiger partial charge in [0.25, 0.3) is 11.4 Å². The Hall–Kier alpha value is -4.22. The summed E-state index contributed by atoms with van der Waals surface area (Å²) in [4.78, 5) is 20.2. The Morgan fingerprint density at radius 2 is 1.67 bits per heavy atom. The molecule has 154 valence electrons. The maximum atomic E-state index is 12.7. The molecule has 0 radical (unpaired) electrons. The number of nitrogens with one attached hydrogen (secondary N) is 1. The zero-order valence-corrected chi connectivity index (χ0v) is 14.8. The molecule has 0 aliphatic carbocycles. The van der Waals surface area contributed by atoms with Crippen LogP contribution in [-0.2, 0) is 6.18 Å². The zero-order valence-electron chi connectivity index (χ0n) is 14.8. The standard InChI is InChI=1S/C18H11F3N4O5/c19-18(20,21)12-3-7-15(16(9-12)25(28)29)23-22-10-14-6-8-17(30-14)11-1-4-13(5-2-11)24(26)27/h1-10,23H. The summed E-state index contributed by atoms with van der Waals surface area (Å²) in [7, 11) is 0. The van der Waals surface area contributed by atoms with E-state index in [1.54, 1.807) is 6.07 Å². The number of anilines is 1. The maximum Gasteiger partial charge on any atom is 0.416 e. The van der Waals surface area contributed by atoms with E-state index in [2.05, 4.69) is 10.5 Å². The van der Waals surface area contributed by atoms with Gasteiger partial charge in [0.05, 0.1) is 21.6 Å². The smallest absolute Gasteiger partial charge is 0.416 e. The van der Waals surface area contributed by atoms with Gasteiger partial charge in [0.2, 0.25) is 0 Å². The fourth-order valence-electron chi connectivity index (χ4n) is 2.44. The van der Waals surface area contributed by atoms with Crippen molar-refractivity contribution in [2.75, 3.05) is 5.43 Å². The quantitative estimate of drug-likeness (QED) is 0.331. The Bertz CT molecular complexity index is 1120. The predicted molar refractivity (Wildman–Crippen MR) is 100 cm³/mol. The van der Waals surface area contributed by atoms with Crippen molar-refractivity contribution < 1.29 is 27.4 Å². The highest BCUT2D eigenvalue weighted by Gasteiger charge is 2.33. The van der Waals surface area contributed by atoms with Crippen LogP contribution < -0.4 is 5.43 Å². The van der Waals surface area contributed by atoms with Gasteiger partial charge in [-0.2, -0.15) is 18.3 Å². The van der Waals surface area contributed by atoms with Gasteiger partial charge in [-0.05, 0) is 36.4 Å². The second kappa shape index (κ2) is 8.03. The van der Waals surface area contributed by atoms with Gasteiger partial charge in [0.1, 0.15) is 17.2 Å². The summed E-state index contributed by atoms with van der Waals surface area (Å²) in [6, 6.07) is 10.8. The highest BCUT2D eigenvalue weighted by molar-refractivity contribution is 5.78. The molecule has 0 spiro atoms. The van der Waals surface area contributed by atoms with E-state index in [1.165, 1.54) is 36.5 Å². The molecule has 2 aromatic carbocycles. The van der Waals surface area contributed by atoms with E-state index in [-0.39, 0.29) is 17.1 Å². The first-order valence-electron chi connectivity index (χ1n) is 8.14. The lowest BCUT2D eigenvalue weighted by molar-refractivity contribution is -0.384. The Morgan fingerprint density at radius 1 is 0.967 bits per heavy atom. The SMILES string of the molecule is O=[N+]([O-])c1ccc(-c2ccc(C=NNc3ccc(C(F)(F)F)cc3[N+](=O)[O-])o2)cc1. The minimum atomic E-state index is -4.71. The van der Waals surface area contributed by atoms with Crippen LogP contribution in [0.15, 0.2) is 64.1 Å². The number of nitro groups is 2. The fourth-order valence-corrected chi connectivity index (χ4v) is 2.44. The summed E-state index contributed by atoms with van der Waals surface area (Å²) < 4.78 is 43.7. The van der Waals surface area contributed by atoms with Crippen molar-refractivity contribution in [3.63, 3.8) is 0 Å². The number of nitro benzene ring substituents is 2. The van der Waals surface area contributed by atoms with Crippen LogP contribution in [0, 0.1) is 20.2 Å². The van der Waals surface area contributed by atoms with Gasteiger partial charge in [-0.25, -0.2) is 0 Å². The highest BCUT2D eigenvalue weighted by atomic mass is 19.4. The summed E-state index contributed by atoms with van der Waals surface area (Å²) in [5.74, 6) is 0.636. The molecule has 1 aromatic heterocycles. The Morgan fingerprint density at radius 3 is 2.27 bits per heavy atom. The number of hydrogen-bond acceptors (Lipinski definition) is 7. The second-order valence-corrected chi connectivity index (χ2v) is 5.86. The second-order valence-electron chi connectivity index (χ2n) is 5.86. The largest absolute Gasteiger partial charge is 0.455 e. The summed E-state index contributed by atoms with van der Waals surface area (Å²) >= 11 is 0. The Kier molecular flexibility index (Phi) is 5.49. The number of nitrogens with zero attached hydrogens (tertiary/aromatic N) is 3. The lowest BCUT2D eigenvalue weighted by atomic mass is 10.1. The first-order valence-corrected chi connectivity index (χ1v) is 8.14. The molecular formula is C18H11F3N4O5. The van der Waals surface area contributed by atoms with Crippen LogP contribution in [0.1, 0.15) is 11.3 Å². The lowest BCUT2D eigenvalue weighted by Crippen LogP contribution is -2.06. The molecule has 0 unspecified atom stereocenters. The maximum absolute atomic E-state index is 12.7. The molecule has 0 saturated carbocycles. The number of non-ortho nitro benzene ring substituents is 1. The zero-order chi connectivity index (χ0) is 21.9. The number of alkyl halides is 3. The van der Waals surface area contributed by atoms with Crippen molar-refractivity contribution in [2.45, 2.75) is 6.18 Å². The minimum Gasteiger partial charge on any atom is -0.455 e. The van der Waals surface area contributed by atoms with Crippen LogP contribution >= 0.6 is 0 Å². The third-order valence-electron chi connectivity index (χ3n) is 3.89. The van der Waals surface area contributed by atoms with Gasteiger partial charge in [-0.15, -0.1) is 0 Å². The van der Waals surface area contributed by atoms with E-state index in [4.69, 9.17) is 4.42 Å². The Labute approximate surface area is 165 Å². The molecule has 1 heterocycles. The lowest BCUT2D eigenvalue weighted by Gasteiger charge is -2.08. The summed E-state index contributed by atoms with van der Waals surface area (Å²) in [5.41, 5.74) is 0.652. The number of benzene rings is 2. The van der Waals surface area contributed by atoms with Crippen LogP contribution in [0.5, 0.6) is 0 Å². The average molecular weight is 420 g/mol. The first-order chi connectivity index (χ1) is 14.1. The number of hydrazone groups is 1. The van der Waals surface area contributed by atoms with Crippen molar-refractivity contribution in [2.24, 2.45) is 5.10 Å². The molecule has 0 fully saturated rings. The van der Waals surface area contributed by atoms with Crippen molar-refractivity contribution >= 4 is 23.3 Å². The molecule has 0 aliphatic heterocycles. The van der Waals surface area contributed by atoms with Crippen molar-refractivity contribution in [1.82, 2.24) is 0 Å². The van der Waals surface area contributed by atoms with E-state index in [1.807, 2.05) is 0 Å².